The third-order valence-corrected chi connectivity index (χ3v) is 7.46. The molecule has 0 radical (unpaired) electrons. The Morgan fingerprint density at radius 2 is 1.95 bits per heavy atom. The van der Waals surface area contributed by atoms with Gasteiger partial charge in [0.05, 0.1) is 5.69 Å². The smallest absolute Gasteiger partial charge is 0.319 e. The molecule has 6 rings (SSSR count). The van der Waals surface area contributed by atoms with E-state index in [2.05, 4.69) is 25.3 Å². The lowest BCUT2D eigenvalue weighted by molar-refractivity contribution is 0.102. The number of benzene rings is 1. The van der Waals surface area contributed by atoms with Gasteiger partial charge < -0.3 is 24.7 Å². The van der Waals surface area contributed by atoms with Crippen molar-refractivity contribution in [3.8, 4) is 11.3 Å². The monoisotopic (exact) mass is 552 g/mol. The van der Waals surface area contributed by atoms with Crippen molar-refractivity contribution in [2.45, 2.75) is 13.3 Å². The number of aryl methyl sites for hydroxylation is 1. The van der Waals surface area contributed by atoms with Gasteiger partial charge in [-0.2, -0.15) is 0 Å². The summed E-state index contributed by atoms with van der Waals surface area (Å²) >= 11 is 0. The minimum absolute atomic E-state index is 0.0223. The van der Waals surface area contributed by atoms with Gasteiger partial charge >= 0.3 is 6.03 Å². The second-order valence-corrected chi connectivity index (χ2v) is 10.4. The number of carbonyl (C=O) groups is 2. The maximum absolute atomic E-state index is 15.0. The van der Waals surface area contributed by atoms with E-state index in [1.165, 1.54) is 18.5 Å². The summed E-state index contributed by atoms with van der Waals surface area (Å²) in [6.45, 7) is 2.94. The highest BCUT2D eigenvalue weighted by molar-refractivity contribution is 6.05. The van der Waals surface area contributed by atoms with Crippen molar-refractivity contribution in [3.05, 3.63) is 77.8 Å². The molecule has 0 bridgehead atoms. The van der Waals surface area contributed by atoms with Crippen molar-refractivity contribution in [3.63, 3.8) is 0 Å². The second kappa shape index (κ2) is 10.2. The van der Waals surface area contributed by atoms with E-state index in [4.69, 9.17) is 0 Å². The van der Waals surface area contributed by atoms with E-state index < -0.39 is 11.7 Å². The van der Waals surface area contributed by atoms with E-state index in [1.807, 2.05) is 49.0 Å². The van der Waals surface area contributed by atoms with Crippen LogP contribution in [0.2, 0.25) is 0 Å². The first-order chi connectivity index (χ1) is 19.7. The molecule has 0 unspecified atom stereocenters. The van der Waals surface area contributed by atoms with Gasteiger partial charge in [-0.25, -0.2) is 24.1 Å². The number of halogens is 1. The Morgan fingerprint density at radius 3 is 2.71 bits per heavy atom. The highest BCUT2D eigenvalue weighted by atomic mass is 19.1. The average molecular weight is 553 g/mol. The van der Waals surface area contributed by atoms with Crippen LogP contribution in [0.4, 0.5) is 14.9 Å². The number of nitrogens with zero attached hydrogens (tertiary/aromatic N) is 6. The molecule has 1 aromatic carbocycles. The standard InChI is InChI=1S/C30H29FN8O2/c1-17-21(13-20(31)14-24(17)36-29(40)23-6-5-19-7-10-38(4)28(19)35-23)26-22-15-25(34-27(22)33-16-32-26)18-8-11-39(12-9-18)30(41)37(2)3/h5-8,10,13-16H,9,11-12H2,1-4H3,(H,36,40)(H,32,33,34). The van der Waals surface area contributed by atoms with Gasteiger partial charge in [-0.1, -0.05) is 6.08 Å². The summed E-state index contributed by atoms with van der Waals surface area (Å²) in [5.41, 5.74) is 5.58. The van der Waals surface area contributed by atoms with Gasteiger partial charge in [0.2, 0.25) is 0 Å². The predicted octanol–water partition coefficient (Wildman–Crippen LogP) is 4.98. The molecule has 0 atom stereocenters. The molecule has 0 fully saturated rings. The third-order valence-electron chi connectivity index (χ3n) is 7.46. The van der Waals surface area contributed by atoms with E-state index in [0.29, 0.717) is 53.3 Å². The Bertz CT molecular complexity index is 1870. The van der Waals surface area contributed by atoms with Crippen LogP contribution in [0.25, 0.3) is 38.9 Å². The molecule has 1 aliphatic heterocycles. The Labute approximate surface area is 235 Å². The molecule has 0 aliphatic carbocycles. The van der Waals surface area contributed by atoms with Gasteiger partial charge in [0.1, 0.15) is 29.1 Å². The number of carbonyl (C=O) groups excluding carboxylic acids is 2. The number of H-pyrrole nitrogens is 1. The Hall–Kier alpha value is -5.06. The summed E-state index contributed by atoms with van der Waals surface area (Å²) in [7, 11) is 5.34. The third kappa shape index (κ3) is 4.79. The highest BCUT2D eigenvalue weighted by Crippen LogP contribution is 2.35. The number of pyridine rings is 1. The first-order valence-electron chi connectivity index (χ1n) is 13.2. The van der Waals surface area contributed by atoms with Crippen LogP contribution in [-0.2, 0) is 7.05 Å². The van der Waals surface area contributed by atoms with E-state index in [-0.39, 0.29) is 11.7 Å². The van der Waals surface area contributed by atoms with Crippen molar-refractivity contribution < 1.29 is 14.0 Å². The van der Waals surface area contributed by atoms with Gasteiger partial charge in [-0.3, -0.25) is 4.79 Å². The second-order valence-electron chi connectivity index (χ2n) is 10.4. The van der Waals surface area contributed by atoms with Crippen molar-refractivity contribution >= 4 is 45.3 Å². The Kier molecular flexibility index (Phi) is 6.49. The summed E-state index contributed by atoms with van der Waals surface area (Å²) < 4.78 is 16.8. The van der Waals surface area contributed by atoms with E-state index in [1.54, 1.807) is 30.0 Å². The molecule has 11 heteroatoms. The molecule has 0 saturated heterocycles. The minimum atomic E-state index is -0.505. The number of amides is 3. The number of nitrogens with one attached hydrogen (secondary N) is 2. The number of urea groups is 1. The molecule has 5 aromatic rings. The van der Waals surface area contributed by atoms with Crippen LogP contribution < -0.4 is 5.32 Å². The first-order valence-corrected chi connectivity index (χ1v) is 13.2. The molecular weight excluding hydrogens is 523 g/mol. The first kappa shape index (κ1) is 26.2. The Balaban J connectivity index is 1.32. The molecule has 41 heavy (non-hydrogen) atoms. The number of hydrogen-bond acceptors (Lipinski definition) is 5. The molecule has 2 N–H and O–H groups in total. The van der Waals surface area contributed by atoms with Crippen LogP contribution in [0, 0.1) is 12.7 Å². The quantitative estimate of drug-likeness (QED) is 0.327. The van der Waals surface area contributed by atoms with Crippen LogP contribution in [0.5, 0.6) is 0 Å². The highest BCUT2D eigenvalue weighted by Gasteiger charge is 2.22. The van der Waals surface area contributed by atoms with Crippen molar-refractivity contribution in [1.82, 2.24) is 34.3 Å². The molecule has 5 heterocycles. The average Bonchev–Trinajstić information content (AvgIpc) is 3.57. The van der Waals surface area contributed by atoms with Gasteiger partial charge in [-0.05, 0) is 60.9 Å². The summed E-state index contributed by atoms with van der Waals surface area (Å²) in [6, 6.07) is 10.1. The van der Waals surface area contributed by atoms with Crippen LogP contribution in [0.1, 0.15) is 28.2 Å². The van der Waals surface area contributed by atoms with Crippen LogP contribution in [-0.4, -0.2) is 73.4 Å². The topological polar surface area (TPSA) is 112 Å². The van der Waals surface area contributed by atoms with E-state index in [0.717, 1.165) is 22.0 Å². The number of fused-ring (bicyclic) bond motifs is 2. The van der Waals surface area contributed by atoms with Gasteiger partial charge in [0, 0.05) is 68.1 Å². The molecule has 10 nitrogen and oxygen atoms in total. The fraction of sp³-hybridized carbons (Fsp3) is 0.233. The number of rotatable bonds is 4. The maximum Gasteiger partial charge on any atom is 0.319 e. The fourth-order valence-corrected chi connectivity index (χ4v) is 5.20. The number of aromatic nitrogens is 5. The maximum atomic E-state index is 15.0. The Morgan fingerprint density at radius 1 is 1.12 bits per heavy atom. The van der Waals surface area contributed by atoms with Crippen LogP contribution in [0.3, 0.4) is 0 Å². The van der Waals surface area contributed by atoms with Gasteiger partial charge in [-0.15, -0.1) is 0 Å². The number of anilines is 1. The fourth-order valence-electron chi connectivity index (χ4n) is 5.20. The number of hydrogen-bond donors (Lipinski definition) is 2. The van der Waals surface area contributed by atoms with Gasteiger partial charge in [0.25, 0.3) is 5.91 Å². The van der Waals surface area contributed by atoms with Crippen molar-refractivity contribution in [1.29, 1.82) is 0 Å². The lowest BCUT2D eigenvalue weighted by atomic mass is 10.00. The molecule has 0 spiro atoms. The predicted molar refractivity (Wildman–Crippen MR) is 156 cm³/mol. The van der Waals surface area contributed by atoms with Crippen molar-refractivity contribution in [2.75, 3.05) is 32.5 Å². The largest absolute Gasteiger partial charge is 0.339 e. The molecular formula is C30H29FN8O2. The molecule has 3 amide bonds. The summed E-state index contributed by atoms with van der Waals surface area (Å²) in [6.07, 6.45) is 6.03. The number of aromatic amines is 1. The SMILES string of the molecule is Cc1c(NC(=O)c2ccc3ccn(C)c3n2)cc(F)cc1-c1ncnc2[nH]c(C3=CCN(C(=O)N(C)C)CC3)cc12. The van der Waals surface area contributed by atoms with Gasteiger partial charge in [0.15, 0.2) is 0 Å². The summed E-state index contributed by atoms with van der Waals surface area (Å²) in [4.78, 5) is 45.5. The molecule has 0 saturated carbocycles. The molecule has 1 aliphatic rings. The van der Waals surface area contributed by atoms with Crippen LogP contribution >= 0.6 is 0 Å². The van der Waals surface area contributed by atoms with Crippen LogP contribution in [0.15, 0.2) is 55.0 Å². The zero-order chi connectivity index (χ0) is 28.8. The van der Waals surface area contributed by atoms with E-state index >= 15 is 0 Å². The zero-order valence-corrected chi connectivity index (χ0v) is 23.2. The van der Waals surface area contributed by atoms with Crippen molar-refractivity contribution in [2.24, 2.45) is 7.05 Å². The summed E-state index contributed by atoms with van der Waals surface area (Å²) in [5.74, 6) is -0.939. The molecule has 208 valence electrons. The lowest BCUT2D eigenvalue weighted by Crippen LogP contribution is -2.41. The summed E-state index contributed by atoms with van der Waals surface area (Å²) in [5, 5.41) is 4.49. The normalized spacial score (nSPS) is 13.5. The zero-order valence-electron chi connectivity index (χ0n) is 23.2. The minimum Gasteiger partial charge on any atom is -0.339 e. The van der Waals surface area contributed by atoms with E-state index in [9.17, 15) is 14.0 Å². The molecule has 4 aromatic heterocycles. The lowest BCUT2D eigenvalue weighted by Gasteiger charge is -2.28.